The molecule has 0 atom stereocenters. The first-order valence-corrected chi connectivity index (χ1v) is 9.94. The van der Waals surface area contributed by atoms with Gasteiger partial charge in [-0.3, -0.25) is 9.78 Å². The molecule has 3 heterocycles. The van der Waals surface area contributed by atoms with Gasteiger partial charge in [0.25, 0.3) is 5.56 Å². The van der Waals surface area contributed by atoms with Crippen LogP contribution in [0.25, 0.3) is 10.9 Å². The molecule has 3 fully saturated rings. The lowest BCUT2D eigenvalue weighted by Crippen LogP contribution is -2.42. The number of hydrogen-bond acceptors (Lipinski definition) is 5. The van der Waals surface area contributed by atoms with Gasteiger partial charge in [0.1, 0.15) is 17.0 Å². The summed E-state index contributed by atoms with van der Waals surface area (Å²) in [6.07, 6.45) is 5.73. The van der Waals surface area contributed by atoms with Crippen molar-refractivity contribution in [3.8, 4) is 5.75 Å². The van der Waals surface area contributed by atoms with Crippen molar-refractivity contribution in [3.63, 3.8) is 0 Å². The third kappa shape index (κ3) is 3.29. The number of benzene rings is 1. The molecule has 7 heteroatoms. The average Bonchev–Trinajstić information content (AvgIpc) is 3.39. The van der Waals surface area contributed by atoms with E-state index in [0.717, 1.165) is 39.0 Å². The van der Waals surface area contributed by atoms with Gasteiger partial charge in [0.05, 0.1) is 12.1 Å². The van der Waals surface area contributed by atoms with E-state index < -0.39 is 11.4 Å². The zero-order valence-electron chi connectivity index (χ0n) is 15.4. The number of piperidine rings is 1. The van der Waals surface area contributed by atoms with Crippen LogP contribution in [0.3, 0.4) is 0 Å². The normalized spacial score (nSPS) is 21.9. The highest BCUT2D eigenvalue weighted by molar-refractivity contribution is 5.80. The molecule has 27 heavy (non-hydrogen) atoms. The van der Waals surface area contributed by atoms with Gasteiger partial charge in [0.2, 0.25) is 5.95 Å². The van der Waals surface area contributed by atoms with Gasteiger partial charge in [-0.1, -0.05) is 0 Å². The Morgan fingerprint density at radius 3 is 2.78 bits per heavy atom. The van der Waals surface area contributed by atoms with Crippen LogP contribution in [-0.4, -0.2) is 42.8 Å². The minimum Gasteiger partial charge on any atom is -0.493 e. The van der Waals surface area contributed by atoms with Crippen LogP contribution < -0.4 is 20.5 Å². The maximum atomic E-state index is 14.5. The largest absolute Gasteiger partial charge is 0.493 e. The van der Waals surface area contributed by atoms with Gasteiger partial charge in [-0.25, -0.2) is 9.37 Å². The quantitative estimate of drug-likeness (QED) is 0.863. The molecular formula is C20H25FN4O2. The number of ether oxygens (including phenoxy) is 1. The molecule has 6 nitrogen and oxygen atoms in total. The summed E-state index contributed by atoms with van der Waals surface area (Å²) in [5.74, 6) is 0.989. The third-order valence-corrected chi connectivity index (χ3v) is 6.36. The third-order valence-electron chi connectivity index (χ3n) is 6.36. The molecule has 2 saturated heterocycles. The highest BCUT2D eigenvalue weighted by Gasteiger charge is 2.37. The van der Waals surface area contributed by atoms with E-state index in [1.165, 1.54) is 25.3 Å². The number of rotatable bonds is 4. The molecule has 0 unspecified atom stereocenters. The molecule has 1 saturated carbocycles. The van der Waals surface area contributed by atoms with Gasteiger partial charge in [0.15, 0.2) is 0 Å². The van der Waals surface area contributed by atoms with Crippen molar-refractivity contribution in [2.24, 2.45) is 11.3 Å². The fraction of sp³-hybridized carbons (Fsp3) is 0.600. The summed E-state index contributed by atoms with van der Waals surface area (Å²) >= 11 is 0. The summed E-state index contributed by atoms with van der Waals surface area (Å²) in [6.45, 7) is 4.49. The molecule has 3 aliphatic rings. The monoisotopic (exact) mass is 372 g/mol. The van der Waals surface area contributed by atoms with Crippen molar-refractivity contribution in [1.82, 2.24) is 15.3 Å². The van der Waals surface area contributed by atoms with Crippen LogP contribution in [-0.2, 0) is 0 Å². The predicted molar refractivity (Wildman–Crippen MR) is 102 cm³/mol. The Bertz CT molecular complexity index is 908. The van der Waals surface area contributed by atoms with Crippen LogP contribution in [0.5, 0.6) is 5.75 Å². The highest BCUT2D eigenvalue weighted by Crippen LogP contribution is 2.37. The van der Waals surface area contributed by atoms with Crippen molar-refractivity contribution in [1.29, 1.82) is 0 Å². The van der Waals surface area contributed by atoms with Crippen molar-refractivity contribution < 1.29 is 9.13 Å². The number of aromatic nitrogens is 2. The Balaban J connectivity index is 1.41. The molecule has 0 amide bonds. The van der Waals surface area contributed by atoms with Crippen LogP contribution in [0.4, 0.5) is 10.3 Å². The lowest BCUT2D eigenvalue weighted by atomic mass is 9.78. The summed E-state index contributed by atoms with van der Waals surface area (Å²) in [7, 11) is 0. The molecule has 2 aliphatic heterocycles. The summed E-state index contributed by atoms with van der Waals surface area (Å²) in [5, 5.41) is 3.47. The molecule has 1 spiro atoms. The molecule has 2 aromatic rings. The first-order chi connectivity index (χ1) is 13.1. The Morgan fingerprint density at radius 2 is 2.07 bits per heavy atom. The first-order valence-electron chi connectivity index (χ1n) is 9.94. The zero-order chi connectivity index (χ0) is 18.4. The Kier molecular flexibility index (Phi) is 4.07. The predicted octanol–water partition coefficient (Wildman–Crippen LogP) is 2.43. The first kappa shape index (κ1) is 17.0. The van der Waals surface area contributed by atoms with Gasteiger partial charge in [-0.15, -0.1) is 0 Å². The van der Waals surface area contributed by atoms with Crippen molar-refractivity contribution in [3.05, 3.63) is 28.3 Å². The average molecular weight is 372 g/mol. The van der Waals surface area contributed by atoms with E-state index >= 15 is 0 Å². The molecule has 0 bridgehead atoms. The van der Waals surface area contributed by atoms with E-state index in [9.17, 15) is 9.18 Å². The van der Waals surface area contributed by atoms with E-state index in [1.807, 2.05) is 0 Å². The van der Waals surface area contributed by atoms with Crippen molar-refractivity contribution >= 4 is 16.9 Å². The van der Waals surface area contributed by atoms with E-state index in [4.69, 9.17) is 4.74 Å². The van der Waals surface area contributed by atoms with E-state index in [0.29, 0.717) is 35.2 Å². The van der Waals surface area contributed by atoms with Crippen LogP contribution in [0, 0.1) is 17.2 Å². The lowest BCUT2D eigenvalue weighted by Gasteiger charge is -2.39. The maximum Gasteiger partial charge on any atom is 0.263 e. The van der Waals surface area contributed by atoms with Crippen LogP contribution in [0.2, 0.25) is 0 Å². The number of nitrogens with zero attached hydrogens (tertiary/aromatic N) is 2. The SMILES string of the molecule is O=c1[nH]c(N2CCC3(CCNC3)CC2)nc2cc(OCC3CC3)cc(F)c12. The number of aromatic amines is 1. The number of fused-ring (bicyclic) bond motifs is 1. The standard InChI is InChI=1S/C20H25FN4O2/c21-15-9-14(27-11-13-1-2-13)10-16-17(15)18(26)24-19(23-16)25-7-4-20(5-8-25)3-6-22-12-20/h9-10,13,22H,1-8,11-12H2,(H,23,24,26). The second kappa shape index (κ2) is 6.48. The fourth-order valence-corrected chi connectivity index (χ4v) is 4.33. The number of hydrogen-bond donors (Lipinski definition) is 2. The summed E-state index contributed by atoms with van der Waals surface area (Å²) < 4.78 is 20.2. The van der Waals surface area contributed by atoms with Gasteiger partial charge < -0.3 is 15.0 Å². The van der Waals surface area contributed by atoms with Gasteiger partial charge in [-0.2, -0.15) is 0 Å². The molecular weight excluding hydrogens is 347 g/mol. The molecule has 1 aromatic carbocycles. The Hall–Kier alpha value is -2.15. The molecule has 0 radical (unpaired) electrons. The van der Waals surface area contributed by atoms with E-state index in [-0.39, 0.29) is 5.39 Å². The number of H-pyrrole nitrogens is 1. The second-order valence-electron chi connectivity index (χ2n) is 8.36. The van der Waals surface area contributed by atoms with Crippen LogP contribution in [0.1, 0.15) is 32.1 Å². The smallest absolute Gasteiger partial charge is 0.263 e. The summed E-state index contributed by atoms with van der Waals surface area (Å²) in [5.41, 5.74) is 0.329. The number of anilines is 1. The maximum absolute atomic E-state index is 14.5. The van der Waals surface area contributed by atoms with Crippen molar-refractivity contribution in [2.45, 2.75) is 32.1 Å². The topological polar surface area (TPSA) is 70.2 Å². The molecule has 5 rings (SSSR count). The minimum atomic E-state index is -0.576. The second-order valence-corrected chi connectivity index (χ2v) is 8.36. The summed E-state index contributed by atoms with van der Waals surface area (Å²) in [4.78, 5) is 22.0. The number of nitrogens with one attached hydrogen (secondary N) is 2. The van der Waals surface area contributed by atoms with Crippen LogP contribution >= 0.6 is 0 Å². The lowest BCUT2D eigenvalue weighted by molar-refractivity contribution is 0.246. The highest BCUT2D eigenvalue weighted by atomic mass is 19.1. The van der Waals surface area contributed by atoms with Gasteiger partial charge in [0, 0.05) is 31.8 Å². The van der Waals surface area contributed by atoms with Gasteiger partial charge in [-0.05, 0) is 50.0 Å². The Labute approximate surface area is 157 Å². The number of halogens is 1. The Morgan fingerprint density at radius 1 is 1.26 bits per heavy atom. The minimum absolute atomic E-state index is 0.00555. The van der Waals surface area contributed by atoms with E-state index in [2.05, 4.69) is 20.2 Å². The molecule has 1 aromatic heterocycles. The fourth-order valence-electron chi connectivity index (χ4n) is 4.33. The zero-order valence-corrected chi connectivity index (χ0v) is 15.4. The summed E-state index contributed by atoms with van der Waals surface area (Å²) in [6, 6.07) is 2.98. The molecule has 144 valence electrons. The van der Waals surface area contributed by atoms with Crippen LogP contribution in [0.15, 0.2) is 16.9 Å². The molecule has 1 aliphatic carbocycles. The molecule has 2 N–H and O–H groups in total. The van der Waals surface area contributed by atoms with Gasteiger partial charge >= 0.3 is 0 Å². The van der Waals surface area contributed by atoms with Crippen molar-refractivity contribution in [2.75, 3.05) is 37.7 Å². The van der Waals surface area contributed by atoms with E-state index in [1.54, 1.807) is 6.07 Å².